The largest absolute Gasteiger partial charge is 0.366 e. The fraction of sp³-hybridized carbons (Fsp3) is 0.417. The number of nitrogens with one attached hydrogen (secondary N) is 1. The quantitative estimate of drug-likeness (QED) is 0.767. The van der Waals surface area contributed by atoms with Gasteiger partial charge in [0.05, 0.1) is 0 Å². The van der Waals surface area contributed by atoms with E-state index in [1.165, 1.54) is 5.56 Å². The molecule has 0 aliphatic rings. The molecule has 0 aliphatic heterocycles. The van der Waals surface area contributed by atoms with Crippen molar-refractivity contribution in [3.05, 3.63) is 35.4 Å². The summed E-state index contributed by atoms with van der Waals surface area (Å²) in [5.74, 6) is 0.270. The topological polar surface area (TPSA) is 55.1 Å². The van der Waals surface area contributed by atoms with Gasteiger partial charge in [0.1, 0.15) is 0 Å². The Morgan fingerprint density at radius 1 is 1.33 bits per heavy atom. The molecule has 3 N–H and O–H groups in total. The van der Waals surface area contributed by atoms with Gasteiger partial charge in [0.25, 0.3) is 0 Å². The Balaban J connectivity index is 2.46. The average molecular weight is 206 g/mol. The first-order chi connectivity index (χ1) is 7.09. The molecule has 0 heterocycles. The lowest BCUT2D eigenvalue weighted by Crippen LogP contribution is -2.19. The maximum absolute atomic E-state index is 10.8. The number of carbonyl (C=O) groups excluding carboxylic acids is 1. The van der Waals surface area contributed by atoms with Gasteiger partial charge < -0.3 is 11.1 Å². The van der Waals surface area contributed by atoms with Crippen LogP contribution in [0.5, 0.6) is 0 Å². The van der Waals surface area contributed by atoms with Gasteiger partial charge in [0, 0.05) is 12.1 Å². The molecule has 15 heavy (non-hydrogen) atoms. The predicted octanol–water partition coefficient (Wildman–Crippen LogP) is 1.53. The Bertz CT molecular complexity index is 317. The summed E-state index contributed by atoms with van der Waals surface area (Å²) in [6.07, 6.45) is 0. The number of hydrogen-bond acceptors (Lipinski definition) is 2. The Morgan fingerprint density at radius 3 is 2.40 bits per heavy atom. The number of nitrogens with two attached hydrogens (primary N) is 1. The van der Waals surface area contributed by atoms with Gasteiger partial charge in [-0.15, -0.1) is 0 Å². The monoisotopic (exact) mass is 206 g/mol. The van der Waals surface area contributed by atoms with E-state index in [0.29, 0.717) is 11.5 Å². The summed E-state index contributed by atoms with van der Waals surface area (Å²) in [6.45, 7) is 6.17. The minimum absolute atomic E-state index is 0.378. The molecule has 0 radical (unpaired) electrons. The van der Waals surface area contributed by atoms with Crippen LogP contribution in [0, 0.1) is 5.92 Å². The van der Waals surface area contributed by atoms with Crippen LogP contribution < -0.4 is 11.1 Å². The van der Waals surface area contributed by atoms with Crippen molar-refractivity contribution in [2.24, 2.45) is 11.7 Å². The summed E-state index contributed by atoms with van der Waals surface area (Å²) in [6, 6.07) is 7.37. The van der Waals surface area contributed by atoms with Crippen molar-refractivity contribution >= 4 is 5.91 Å². The highest BCUT2D eigenvalue weighted by Gasteiger charge is 1.99. The van der Waals surface area contributed by atoms with Crippen LogP contribution in [0.25, 0.3) is 0 Å². The highest BCUT2D eigenvalue weighted by atomic mass is 16.1. The van der Waals surface area contributed by atoms with Crippen LogP contribution in [-0.2, 0) is 6.54 Å². The van der Waals surface area contributed by atoms with Crippen molar-refractivity contribution in [2.75, 3.05) is 6.54 Å². The van der Waals surface area contributed by atoms with E-state index in [4.69, 9.17) is 5.73 Å². The Morgan fingerprint density at radius 2 is 1.93 bits per heavy atom. The highest BCUT2D eigenvalue weighted by Crippen LogP contribution is 2.03. The molecule has 0 unspecified atom stereocenters. The molecule has 0 aliphatic carbocycles. The molecule has 3 heteroatoms. The van der Waals surface area contributed by atoms with Crippen molar-refractivity contribution in [1.29, 1.82) is 0 Å². The molecule has 0 aromatic heterocycles. The Labute approximate surface area is 90.7 Å². The van der Waals surface area contributed by atoms with Crippen LogP contribution in [-0.4, -0.2) is 12.5 Å². The van der Waals surface area contributed by atoms with Crippen LogP contribution in [0.3, 0.4) is 0 Å². The third-order valence-corrected chi connectivity index (χ3v) is 2.12. The molecule has 0 atom stereocenters. The lowest BCUT2D eigenvalue weighted by Gasteiger charge is -2.07. The SMILES string of the molecule is CC(C)CNCc1ccc(C(N)=O)cc1. The number of hydrogen-bond donors (Lipinski definition) is 2. The number of primary amides is 1. The normalized spacial score (nSPS) is 10.6. The second kappa shape index (κ2) is 5.51. The van der Waals surface area contributed by atoms with E-state index in [-0.39, 0.29) is 5.91 Å². The van der Waals surface area contributed by atoms with Crippen molar-refractivity contribution in [3.8, 4) is 0 Å². The number of carbonyl (C=O) groups is 1. The molecule has 0 bridgehead atoms. The molecule has 1 aromatic carbocycles. The number of benzene rings is 1. The van der Waals surface area contributed by atoms with Crippen molar-refractivity contribution in [2.45, 2.75) is 20.4 Å². The first-order valence-corrected chi connectivity index (χ1v) is 5.19. The third-order valence-electron chi connectivity index (χ3n) is 2.12. The summed E-state index contributed by atoms with van der Waals surface area (Å²) < 4.78 is 0. The third kappa shape index (κ3) is 4.13. The van der Waals surface area contributed by atoms with Gasteiger partial charge in [-0.05, 0) is 30.2 Å². The van der Waals surface area contributed by atoms with E-state index < -0.39 is 0 Å². The number of rotatable bonds is 5. The van der Waals surface area contributed by atoms with Gasteiger partial charge in [-0.3, -0.25) is 4.79 Å². The summed E-state index contributed by atoms with van der Waals surface area (Å²) in [7, 11) is 0. The van der Waals surface area contributed by atoms with Gasteiger partial charge in [0.15, 0.2) is 0 Å². The van der Waals surface area contributed by atoms with Crippen LogP contribution in [0.15, 0.2) is 24.3 Å². The van der Waals surface area contributed by atoms with E-state index in [9.17, 15) is 4.79 Å². The summed E-state index contributed by atoms with van der Waals surface area (Å²) in [5.41, 5.74) is 6.87. The Hall–Kier alpha value is -1.35. The van der Waals surface area contributed by atoms with Gasteiger partial charge in [-0.2, -0.15) is 0 Å². The van der Waals surface area contributed by atoms with Crippen LogP contribution in [0.2, 0.25) is 0 Å². The Kier molecular flexibility index (Phi) is 4.31. The molecule has 1 rings (SSSR count). The van der Waals surface area contributed by atoms with Gasteiger partial charge in [0.2, 0.25) is 5.91 Å². The standard InChI is InChI=1S/C12H18N2O/c1-9(2)7-14-8-10-3-5-11(6-4-10)12(13)15/h3-6,9,14H,7-8H2,1-2H3,(H2,13,15). The summed E-state index contributed by atoms with van der Waals surface area (Å²) >= 11 is 0. The molecule has 82 valence electrons. The van der Waals surface area contributed by atoms with Crippen LogP contribution in [0.4, 0.5) is 0 Å². The molecule has 0 spiro atoms. The molecule has 1 aromatic rings. The van der Waals surface area contributed by atoms with E-state index in [0.717, 1.165) is 13.1 Å². The molecule has 1 amide bonds. The second-order valence-electron chi connectivity index (χ2n) is 4.09. The lowest BCUT2D eigenvalue weighted by atomic mass is 10.1. The highest BCUT2D eigenvalue weighted by molar-refractivity contribution is 5.92. The van der Waals surface area contributed by atoms with E-state index in [1.807, 2.05) is 12.1 Å². The second-order valence-corrected chi connectivity index (χ2v) is 4.09. The average Bonchev–Trinajstić information content (AvgIpc) is 2.18. The van der Waals surface area contributed by atoms with Crippen LogP contribution >= 0.6 is 0 Å². The molecule has 0 saturated heterocycles. The molecular formula is C12H18N2O. The molecule has 3 nitrogen and oxygen atoms in total. The zero-order valence-corrected chi connectivity index (χ0v) is 9.29. The predicted molar refractivity (Wildman–Crippen MR) is 61.5 cm³/mol. The minimum atomic E-state index is -0.378. The molecular weight excluding hydrogens is 188 g/mol. The minimum Gasteiger partial charge on any atom is -0.366 e. The van der Waals surface area contributed by atoms with Gasteiger partial charge in [-0.25, -0.2) is 0 Å². The van der Waals surface area contributed by atoms with Crippen molar-refractivity contribution in [1.82, 2.24) is 5.32 Å². The maximum atomic E-state index is 10.8. The lowest BCUT2D eigenvalue weighted by molar-refractivity contribution is 0.100. The van der Waals surface area contributed by atoms with E-state index in [1.54, 1.807) is 12.1 Å². The first-order valence-electron chi connectivity index (χ1n) is 5.19. The molecule has 0 saturated carbocycles. The molecule has 0 fully saturated rings. The summed E-state index contributed by atoms with van der Waals surface area (Å²) in [5, 5.41) is 3.33. The fourth-order valence-corrected chi connectivity index (χ4v) is 1.29. The maximum Gasteiger partial charge on any atom is 0.248 e. The zero-order valence-electron chi connectivity index (χ0n) is 9.29. The van der Waals surface area contributed by atoms with Gasteiger partial charge in [-0.1, -0.05) is 26.0 Å². The fourth-order valence-electron chi connectivity index (χ4n) is 1.29. The van der Waals surface area contributed by atoms with Gasteiger partial charge >= 0.3 is 0 Å². The van der Waals surface area contributed by atoms with Crippen molar-refractivity contribution < 1.29 is 4.79 Å². The number of amides is 1. The smallest absolute Gasteiger partial charge is 0.248 e. The summed E-state index contributed by atoms with van der Waals surface area (Å²) in [4.78, 5) is 10.8. The van der Waals surface area contributed by atoms with E-state index in [2.05, 4.69) is 19.2 Å². The first kappa shape index (κ1) is 11.7. The van der Waals surface area contributed by atoms with E-state index >= 15 is 0 Å². The van der Waals surface area contributed by atoms with Crippen molar-refractivity contribution in [3.63, 3.8) is 0 Å². The zero-order chi connectivity index (χ0) is 11.3. The van der Waals surface area contributed by atoms with Crippen LogP contribution in [0.1, 0.15) is 29.8 Å².